The van der Waals surface area contributed by atoms with Gasteiger partial charge >= 0.3 is 0 Å². The SMILES string of the molecule is CC1(C)CCC(OS(C)(=O)=O)CC1Nc1ccc(C#N)c(Cl)c1. The lowest BCUT2D eigenvalue weighted by atomic mass is 9.72. The monoisotopic (exact) mass is 356 g/mol. The van der Waals surface area contributed by atoms with Crippen LogP contribution in [-0.2, 0) is 14.3 Å². The maximum absolute atomic E-state index is 11.4. The Morgan fingerprint density at radius 3 is 2.70 bits per heavy atom. The van der Waals surface area contributed by atoms with Crippen LogP contribution in [0.1, 0.15) is 38.7 Å². The quantitative estimate of drug-likeness (QED) is 0.834. The maximum Gasteiger partial charge on any atom is 0.264 e. The van der Waals surface area contributed by atoms with E-state index < -0.39 is 10.1 Å². The Labute approximate surface area is 142 Å². The molecule has 5 nitrogen and oxygen atoms in total. The summed E-state index contributed by atoms with van der Waals surface area (Å²) in [6.07, 6.45) is 2.93. The zero-order valence-electron chi connectivity index (χ0n) is 13.5. The Morgan fingerprint density at radius 1 is 1.43 bits per heavy atom. The molecule has 0 amide bonds. The molecule has 2 unspecified atom stereocenters. The summed E-state index contributed by atoms with van der Waals surface area (Å²) < 4.78 is 27.9. The predicted molar refractivity (Wildman–Crippen MR) is 90.9 cm³/mol. The summed E-state index contributed by atoms with van der Waals surface area (Å²) in [5, 5.41) is 12.7. The third kappa shape index (κ3) is 4.84. The standard InChI is InChI=1S/C16H21ClN2O3S/c1-16(2)7-6-13(22-23(3,20)21)9-15(16)19-12-5-4-11(10-18)14(17)8-12/h4-5,8,13,15,19H,6-7,9H2,1-3H3. The number of nitriles is 1. The van der Waals surface area contributed by atoms with Crippen molar-refractivity contribution in [2.24, 2.45) is 5.41 Å². The minimum Gasteiger partial charge on any atom is -0.382 e. The summed E-state index contributed by atoms with van der Waals surface area (Å²) in [6, 6.07) is 7.28. The number of hydrogen-bond donors (Lipinski definition) is 1. The highest BCUT2D eigenvalue weighted by atomic mass is 35.5. The fourth-order valence-electron chi connectivity index (χ4n) is 2.89. The Bertz CT molecular complexity index is 725. The zero-order chi connectivity index (χ0) is 17.3. The first-order valence-electron chi connectivity index (χ1n) is 7.45. The van der Waals surface area contributed by atoms with Gasteiger partial charge in [-0.1, -0.05) is 25.4 Å². The van der Waals surface area contributed by atoms with E-state index in [-0.39, 0.29) is 17.6 Å². The third-order valence-electron chi connectivity index (χ3n) is 4.29. The Kier molecular flexibility index (Phi) is 5.24. The average molecular weight is 357 g/mol. The first-order valence-corrected chi connectivity index (χ1v) is 9.64. The number of halogens is 1. The third-order valence-corrected chi connectivity index (χ3v) is 5.23. The molecule has 1 N–H and O–H groups in total. The number of hydrogen-bond acceptors (Lipinski definition) is 5. The van der Waals surface area contributed by atoms with E-state index in [9.17, 15) is 8.42 Å². The van der Waals surface area contributed by atoms with E-state index in [0.29, 0.717) is 23.4 Å². The largest absolute Gasteiger partial charge is 0.382 e. The van der Waals surface area contributed by atoms with Crippen molar-refractivity contribution in [1.82, 2.24) is 0 Å². The van der Waals surface area contributed by atoms with Crippen LogP contribution >= 0.6 is 11.6 Å². The van der Waals surface area contributed by atoms with Gasteiger partial charge in [0.25, 0.3) is 10.1 Å². The lowest BCUT2D eigenvalue weighted by Gasteiger charge is -2.42. The van der Waals surface area contributed by atoms with Gasteiger partial charge in [0.15, 0.2) is 0 Å². The van der Waals surface area contributed by atoms with Gasteiger partial charge in [-0.15, -0.1) is 0 Å². The van der Waals surface area contributed by atoms with E-state index in [4.69, 9.17) is 21.0 Å². The molecule has 1 aliphatic rings. The van der Waals surface area contributed by atoms with Crippen LogP contribution in [0.5, 0.6) is 0 Å². The van der Waals surface area contributed by atoms with E-state index >= 15 is 0 Å². The molecule has 0 bridgehead atoms. The first kappa shape index (κ1) is 18.1. The fraction of sp³-hybridized carbons (Fsp3) is 0.562. The highest BCUT2D eigenvalue weighted by Crippen LogP contribution is 2.39. The first-order chi connectivity index (χ1) is 10.6. The van der Waals surface area contributed by atoms with E-state index in [0.717, 1.165) is 18.4 Å². The molecule has 0 radical (unpaired) electrons. The van der Waals surface area contributed by atoms with Crippen LogP contribution in [0.3, 0.4) is 0 Å². The van der Waals surface area contributed by atoms with Gasteiger partial charge in [-0.3, -0.25) is 4.18 Å². The van der Waals surface area contributed by atoms with Crippen molar-refractivity contribution in [3.05, 3.63) is 28.8 Å². The van der Waals surface area contributed by atoms with Gasteiger partial charge in [0, 0.05) is 11.7 Å². The number of benzene rings is 1. The predicted octanol–water partition coefficient (Wildman–Crippen LogP) is 3.55. The van der Waals surface area contributed by atoms with Crippen molar-refractivity contribution < 1.29 is 12.6 Å². The second kappa shape index (κ2) is 6.68. The average Bonchev–Trinajstić information content (AvgIpc) is 2.41. The minimum absolute atomic E-state index is 0.00224. The van der Waals surface area contributed by atoms with E-state index in [2.05, 4.69) is 19.2 Å². The number of anilines is 1. The molecule has 1 aromatic carbocycles. The van der Waals surface area contributed by atoms with Crippen molar-refractivity contribution in [3.8, 4) is 6.07 Å². The Hall–Kier alpha value is -1.29. The molecule has 0 aromatic heterocycles. The van der Waals surface area contributed by atoms with Gasteiger partial charge in [0.05, 0.1) is 22.9 Å². The summed E-state index contributed by atoms with van der Waals surface area (Å²) >= 11 is 6.07. The number of nitrogens with zero attached hydrogens (tertiary/aromatic N) is 1. The smallest absolute Gasteiger partial charge is 0.264 e. The molecular weight excluding hydrogens is 336 g/mol. The van der Waals surface area contributed by atoms with Gasteiger partial charge in [-0.05, 0) is 42.9 Å². The topological polar surface area (TPSA) is 79.2 Å². The van der Waals surface area contributed by atoms with Crippen LogP contribution in [0.2, 0.25) is 5.02 Å². The maximum atomic E-state index is 11.4. The van der Waals surface area contributed by atoms with Crippen LogP contribution in [0.25, 0.3) is 0 Å². The van der Waals surface area contributed by atoms with Crippen molar-refractivity contribution in [1.29, 1.82) is 5.26 Å². The van der Waals surface area contributed by atoms with Crippen LogP contribution in [0.15, 0.2) is 18.2 Å². The van der Waals surface area contributed by atoms with Crippen LogP contribution < -0.4 is 5.32 Å². The molecule has 1 aromatic rings. The Balaban J connectivity index is 2.15. The lowest BCUT2D eigenvalue weighted by molar-refractivity contribution is 0.0922. The normalized spacial score (nSPS) is 24.0. The number of nitrogens with one attached hydrogen (secondary N) is 1. The molecule has 0 saturated heterocycles. The van der Waals surface area contributed by atoms with E-state index in [1.54, 1.807) is 12.1 Å². The molecule has 7 heteroatoms. The summed E-state index contributed by atoms with van der Waals surface area (Å²) in [7, 11) is -3.46. The lowest BCUT2D eigenvalue weighted by Crippen LogP contribution is -2.44. The summed E-state index contributed by atoms with van der Waals surface area (Å²) in [4.78, 5) is 0. The molecule has 23 heavy (non-hydrogen) atoms. The molecule has 0 heterocycles. The highest BCUT2D eigenvalue weighted by Gasteiger charge is 2.38. The van der Waals surface area contributed by atoms with Crippen molar-refractivity contribution in [2.75, 3.05) is 11.6 Å². The second-order valence-corrected chi connectivity index (χ2v) is 8.70. The molecule has 0 spiro atoms. The molecule has 126 valence electrons. The molecule has 0 aliphatic heterocycles. The minimum atomic E-state index is -3.46. The van der Waals surface area contributed by atoms with Gasteiger partial charge in [0.2, 0.25) is 0 Å². The highest BCUT2D eigenvalue weighted by molar-refractivity contribution is 7.86. The van der Waals surface area contributed by atoms with Crippen molar-refractivity contribution >= 4 is 27.4 Å². The van der Waals surface area contributed by atoms with Crippen LogP contribution in [0.4, 0.5) is 5.69 Å². The summed E-state index contributed by atoms with van der Waals surface area (Å²) in [5.74, 6) is 0. The molecule has 1 fully saturated rings. The van der Waals surface area contributed by atoms with Crippen LogP contribution in [0, 0.1) is 16.7 Å². The van der Waals surface area contributed by atoms with Crippen LogP contribution in [-0.4, -0.2) is 26.8 Å². The van der Waals surface area contributed by atoms with Crippen molar-refractivity contribution in [3.63, 3.8) is 0 Å². The molecule has 1 aliphatic carbocycles. The Morgan fingerprint density at radius 2 is 2.13 bits per heavy atom. The summed E-state index contributed by atoms with van der Waals surface area (Å²) in [5.41, 5.74) is 1.24. The van der Waals surface area contributed by atoms with Crippen molar-refractivity contribution in [2.45, 2.75) is 45.3 Å². The molecule has 2 rings (SSSR count). The van der Waals surface area contributed by atoms with Gasteiger partial charge in [-0.2, -0.15) is 13.7 Å². The second-order valence-electron chi connectivity index (χ2n) is 6.69. The van der Waals surface area contributed by atoms with Gasteiger partial charge in [0.1, 0.15) is 6.07 Å². The molecule has 2 atom stereocenters. The fourth-order valence-corrected chi connectivity index (χ4v) is 3.78. The number of rotatable bonds is 4. The van der Waals surface area contributed by atoms with E-state index in [1.807, 2.05) is 12.1 Å². The molecular formula is C16H21ClN2O3S. The van der Waals surface area contributed by atoms with E-state index in [1.165, 1.54) is 0 Å². The van der Waals surface area contributed by atoms with Gasteiger partial charge in [-0.25, -0.2) is 0 Å². The van der Waals surface area contributed by atoms with Gasteiger partial charge < -0.3 is 5.32 Å². The molecule has 1 saturated carbocycles. The summed E-state index contributed by atoms with van der Waals surface area (Å²) in [6.45, 7) is 4.29. The zero-order valence-corrected chi connectivity index (χ0v) is 15.0.